The molecule has 1 aromatic carbocycles. The van der Waals surface area contributed by atoms with Crippen molar-refractivity contribution in [3.63, 3.8) is 0 Å². The summed E-state index contributed by atoms with van der Waals surface area (Å²) in [6.45, 7) is -0.350. The predicted octanol–water partition coefficient (Wildman–Crippen LogP) is 0.453. The van der Waals surface area contributed by atoms with Crippen LogP contribution in [0.5, 0.6) is 0 Å². The normalized spacial score (nSPS) is 11.2. The Morgan fingerprint density at radius 2 is 2.11 bits per heavy atom. The van der Waals surface area contributed by atoms with Crippen LogP contribution in [0.15, 0.2) is 29.2 Å². The molecule has 3 N–H and O–H groups in total. The zero-order valence-corrected chi connectivity index (χ0v) is 12.1. The Labute approximate surface area is 116 Å². The number of ether oxygens (including phenoxy) is 1. The van der Waals surface area contributed by atoms with E-state index >= 15 is 0 Å². The molecule has 0 aliphatic heterocycles. The smallest absolute Gasteiger partial charge is 0.320 e. The molecule has 0 fully saturated rings. The predicted molar refractivity (Wildman–Crippen MR) is 75.4 cm³/mol. The molecule has 0 amide bonds. The fourth-order valence-corrected chi connectivity index (χ4v) is 3.51. The van der Waals surface area contributed by atoms with Gasteiger partial charge in [-0.3, -0.25) is 4.79 Å². The summed E-state index contributed by atoms with van der Waals surface area (Å²) in [4.78, 5) is 11.7. The number of carbonyl (C=O) groups is 1. The Bertz CT molecular complexity index is 531. The number of nitrogens with two attached hydrogens (primary N) is 1. The molecule has 19 heavy (non-hydrogen) atoms. The number of carbonyl (C=O) groups excluding carboxylic acids is 1. The molecule has 1 aromatic rings. The van der Waals surface area contributed by atoms with Crippen LogP contribution < -0.4 is 10.5 Å². The van der Waals surface area contributed by atoms with Crippen LogP contribution in [0.3, 0.4) is 0 Å². The topological polar surface area (TPSA) is 98.5 Å². The lowest BCUT2D eigenvalue weighted by Gasteiger charge is -2.07. The monoisotopic (exact) mass is 304 g/mol. The maximum Gasteiger partial charge on any atom is 0.320 e. The number of thioether (sulfide) groups is 1. The number of nitrogens with one attached hydrogen (secondary N) is 1. The van der Waals surface area contributed by atoms with Gasteiger partial charge in [-0.05, 0) is 12.1 Å². The molecule has 0 unspecified atom stereocenters. The Kier molecular flexibility index (Phi) is 6.13. The lowest BCUT2D eigenvalue weighted by molar-refractivity contribution is -0.139. The summed E-state index contributed by atoms with van der Waals surface area (Å²) >= 11 is 1.35. The molecule has 0 aliphatic carbocycles. The van der Waals surface area contributed by atoms with Crippen molar-refractivity contribution < 1.29 is 17.9 Å². The molecular formula is C11H16N2O4S2. The summed E-state index contributed by atoms with van der Waals surface area (Å²) in [6.07, 6.45) is 0. The van der Waals surface area contributed by atoms with Crippen molar-refractivity contribution in [3.8, 4) is 0 Å². The SMILES string of the molecule is COC(=O)CNS(=O)(=O)CCSc1ccccc1N. The number of para-hydroxylation sites is 1. The van der Waals surface area contributed by atoms with Gasteiger partial charge in [0.1, 0.15) is 6.54 Å². The molecule has 0 radical (unpaired) electrons. The van der Waals surface area contributed by atoms with Crippen molar-refractivity contribution in [1.29, 1.82) is 0 Å². The van der Waals surface area contributed by atoms with E-state index in [4.69, 9.17) is 5.73 Å². The van der Waals surface area contributed by atoms with Gasteiger partial charge >= 0.3 is 5.97 Å². The molecule has 0 aliphatic rings. The van der Waals surface area contributed by atoms with Crippen LogP contribution in [0, 0.1) is 0 Å². The van der Waals surface area contributed by atoms with Crippen molar-refractivity contribution >= 4 is 33.4 Å². The second-order valence-electron chi connectivity index (χ2n) is 3.60. The number of sulfonamides is 1. The number of methoxy groups -OCH3 is 1. The van der Waals surface area contributed by atoms with E-state index in [1.54, 1.807) is 6.07 Å². The fourth-order valence-electron chi connectivity index (χ4n) is 1.19. The number of benzene rings is 1. The first-order valence-electron chi connectivity index (χ1n) is 5.46. The summed E-state index contributed by atoms with van der Waals surface area (Å²) in [6, 6.07) is 7.23. The minimum atomic E-state index is -3.48. The van der Waals surface area contributed by atoms with Crippen molar-refractivity contribution in [2.75, 3.05) is 30.9 Å². The molecule has 0 atom stereocenters. The summed E-state index contributed by atoms with van der Waals surface area (Å²) in [5, 5.41) is 0. The third-order valence-electron chi connectivity index (χ3n) is 2.19. The fraction of sp³-hybridized carbons (Fsp3) is 0.364. The molecule has 0 saturated carbocycles. The van der Waals surface area contributed by atoms with Crippen molar-refractivity contribution in [2.24, 2.45) is 0 Å². The molecule has 106 valence electrons. The highest BCUT2D eigenvalue weighted by molar-refractivity contribution is 8.00. The van der Waals surface area contributed by atoms with E-state index in [0.717, 1.165) is 4.90 Å². The summed E-state index contributed by atoms with van der Waals surface area (Å²) in [7, 11) is -2.28. The summed E-state index contributed by atoms with van der Waals surface area (Å²) < 4.78 is 29.6. The van der Waals surface area contributed by atoms with Crippen LogP contribution in [0.4, 0.5) is 5.69 Å². The number of esters is 1. The Hall–Kier alpha value is -1.25. The Morgan fingerprint density at radius 3 is 2.74 bits per heavy atom. The molecule has 0 spiro atoms. The number of hydrogen-bond donors (Lipinski definition) is 2. The highest BCUT2D eigenvalue weighted by atomic mass is 32.2. The number of hydrogen-bond acceptors (Lipinski definition) is 6. The van der Waals surface area contributed by atoms with E-state index in [2.05, 4.69) is 9.46 Å². The maximum absolute atomic E-state index is 11.6. The average Bonchev–Trinajstić information content (AvgIpc) is 2.38. The first-order chi connectivity index (χ1) is 8.94. The first-order valence-corrected chi connectivity index (χ1v) is 8.10. The quantitative estimate of drug-likeness (QED) is 0.431. The van der Waals surface area contributed by atoms with Crippen LogP contribution in [-0.2, 0) is 19.6 Å². The minimum Gasteiger partial charge on any atom is -0.468 e. The molecule has 0 saturated heterocycles. The highest BCUT2D eigenvalue weighted by Gasteiger charge is 2.12. The zero-order valence-electron chi connectivity index (χ0n) is 10.5. The first kappa shape index (κ1) is 15.8. The molecule has 6 nitrogen and oxygen atoms in total. The van der Waals surface area contributed by atoms with E-state index < -0.39 is 16.0 Å². The third kappa shape index (κ3) is 5.95. The molecule has 0 bridgehead atoms. The molecule has 0 heterocycles. The van der Waals surface area contributed by atoms with Crippen molar-refractivity contribution in [2.45, 2.75) is 4.90 Å². The zero-order chi connectivity index (χ0) is 14.3. The van der Waals surface area contributed by atoms with E-state index in [1.165, 1.54) is 18.9 Å². The van der Waals surface area contributed by atoms with Crippen LogP contribution in [0.25, 0.3) is 0 Å². The van der Waals surface area contributed by atoms with Gasteiger partial charge in [-0.2, -0.15) is 0 Å². The van der Waals surface area contributed by atoms with Gasteiger partial charge in [0.05, 0.1) is 12.9 Å². The Morgan fingerprint density at radius 1 is 1.42 bits per heavy atom. The highest BCUT2D eigenvalue weighted by Crippen LogP contribution is 2.24. The lowest BCUT2D eigenvalue weighted by atomic mass is 10.3. The number of rotatable bonds is 7. The van der Waals surface area contributed by atoms with Crippen LogP contribution in [0.2, 0.25) is 0 Å². The Balaban J connectivity index is 2.40. The average molecular weight is 304 g/mol. The van der Waals surface area contributed by atoms with Gasteiger partial charge in [0, 0.05) is 16.3 Å². The van der Waals surface area contributed by atoms with E-state index in [9.17, 15) is 13.2 Å². The van der Waals surface area contributed by atoms with Crippen LogP contribution in [0.1, 0.15) is 0 Å². The van der Waals surface area contributed by atoms with Crippen LogP contribution in [-0.4, -0.2) is 39.5 Å². The van der Waals surface area contributed by atoms with Gasteiger partial charge in [-0.15, -0.1) is 11.8 Å². The number of nitrogen functional groups attached to an aromatic ring is 1. The van der Waals surface area contributed by atoms with E-state index in [1.807, 2.05) is 18.2 Å². The second kappa shape index (κ2) is 7.37. The van der Waals surface area contributed by atoms with Gasteiger partial charge in [0.15, 0.2) is 0 Å². The van der Waals surface area contributed by atoms with Crippen molar-refractivity contribution in [3.05, 3.63) is 24.3 Å². The maximum atomic E-state index is 11.6. The van der Waals surface area contributed by atoms with Gasteiger partial charge < -0.3 is 10.5 Å². The third-order valence-corrected chi connectivity index (χ3v) is 4.87. The standard InChI is InChI=1S/C11H16N2O4S2/c1-17-11(14)8-13-19(15,16)7-6-18-10-5-3-2-4-9(10)12/h2-5,13H,6-8,12H2,1H3. The molecule has 1 rings (SSSR count). The summed E-state index contributed by atoms with van der Waals surface area (Å²) in [5.41, 5.74) is 6.36. The largest absolute Gasteiger partial charge is 0.468 e. The van der Waals surface area contributed by atoms with Crippen LogP contribution >= 0.6 is 11.8 Å². The molecular weight excluding hydrogens is 288 g/mol. The second-order valence-corrected chi connectivity index (χ2v) is 6.67. The van der Waals surface area contributed by atoms with Crippen molar-refractivity contribution in [1.82, 2.24) is 4.72 Å². The van der Waals surface area contributed by atoms with Gasteiger partial charge in [0.25, 0.3) is 0 Å². The summed E-state index contributed by atoms with van der Waals surface area (Å²) in [5.74, 6) is -0.364. The van der Waals surface area contributed by atoms with Gasteiger partial charge in [0.2, 0.25) is 10.0 Å². The lowest BCUT2D eigenvalue weighted by Crippen LogP contribution is -2.32. The molecule has 8 heteroatoms. The van der Waals surface area contributed by atoms with Gasteiger partial charge in [-0.1, -0.05) is 12.1 Å². The number of anilines is 1. The minimum absolute atomic E-state index is 0.0943. The van der Waals surface area contributed by atoms with E-state index in [-0.39, 0.29) is 12.3 Å². The van der Waals surface area contributed by atoms with E-state index in [0.29, 0.717) is 11.4 Å². The molecule has 0 aromatic heterocycles. The van der Waals surface area contributed by atoms with Gasteiger partial charge in [-0.25, -0.2) is 13.1 Å².